The molecule has 1 amide bonds. The van der Waals surface area contributed by atoms with Gasteiger partial charge in [0, 0.05) is 16.6 Å². The first kappa shape index (κ1) is 18.1. The number of amides is 1. The molecule has 0 saturated carbocycles. The third kappa shape index (κ3) is 3.46. The van der Waals surface area contributed by atoms with Crippen LogP contribution in [0.5, 0.6) is 0 Å². The Morgan fingerprint density at radius 2 is 2.00 bits per heavy atom. The maximum absolute atomic E-state index is 12.3. The van der Waals surface area contributed by atoms with Crippen molar-refractivity contribution in [3.63, 3.8) is 0 Å². The number of aromatic amines is 1. The van der Waals surface area contributed by atoms with Crippen molar-refractivity contribution < 1.29 is 4.79 Å². The molecule has 7 nitrogen and oxygen atoms in total. The fourth-order valence-corrected chi connectivity index (χ4v) is 3.61. The SMILES string of the molecule is Cc1cccc(NC(=O)CSc2nnc(-c3cc4ccccc4[nH]3)n2N)c1C. The molecule has 0 fully saturated rings. The first-order valence-corrected chi connectivity index (χ1v) is 9.79. The molecule has 0 aliphatic heterocycles. The first-order valence-electron chi connectivity index (χ1n) is 8.80. The van der Waals surface area contributed by atoms with Gasteiger partial charge in [0.1, 0.15) is 0 Å². The average Bonchev–Trinajstić information content (AvgIpc) is 3.27. The van der Waals surface area contributed by atoms with E-state index in [0.717, 1.165) is 33.4 Å². The van der Waals surface area contributed by atoms with Crippen LogP contribution in [0.2, 0.25) is 0 Å². The molecule has 0 saturated heterocycles. The van der Waals surface area contributed by atoms with E-state index in [1.807, 2.05) is 62.4 Å². The lowest BCUT2D eigenvalue weighted by molar-refractivity contribution is -0.113. The first-order chi connectivity index (χ1) is 13.5. The highest BCUT2D eigenvalue weighted by Crippen LogP contribution is 2.25. The fourth-order valence-electron chi connectivity index (χ4n) is 2.96. The smallest absolute Gasteiger partial charge is 0.234 e. The number of benzene rings is 2. The average molecular weight is 392 g/mol. The van der Waals surface area contributed by atoms with Crippen molar-refractivity contribution in [3.05, 3.63) is 59.7 Å². The second kappa shape index (κ2) is 7.40. The predicted octanol–water partition coefficient (Wildman–Crippen LogP) is 3.49. The molecule has 0 aliphatic carbocycles. The number of nitrogens with two attached hydrogens (primary N) is 1. The molecule has 2 heterocycles. The Kier molecular flexibility index (Phi) is 4.79. The van der Waals surface area contributed by atoms with Crippen LogP contribution in [0.1, 0.15) is 11.1 Å². The summed E-state index contributed by atoms with van der Waals surface area (Å²) in [7, 11) is 0. The normalized spacial score (nSPS) is 11.1. The van der Waals surface area contributed by atoms with E-state index >= 15 is 0 Å². The molecule has 0 atom stereocenters. The van der Waals surface area contributed by atoms with Crippen molar-refractivity contribution in [1.82, 2.24) is 19.9 Å². The molecular formula is C20H20N6OS. The number of hydrogen-bond acceptors (Lipinski definition) is 5. The van der Waals surface area contributed by atoms with Crippen molar-refractivity contribution in [2.75, 3.05) is 16.9 Å². The summed E-state index contributed by atoms with van der Waals surface area (Å²) in [5.74, 6) is 6.75. The zero-order valence-corrected chi connectivity index (χ0v) is 16.4. The lowest BCUT2D eigenvalue weighted by atomic mass is 10.1. The maximum Gasteiger partial charge on any atom is 0.234 e. The van der Waals surface area contributed by atoms with Crippen LogP contribution < -0.4 is 11.2 Å². The fraction of sp³-hybridized carbons (Fsp3) is 0.150. The van der Waals surface area contributed by atoms with Crippen LogP contribution in [-0.2, 0) is 4.79 Å². The second-order valence-electron chi connectivity index (χ2n) is 6.53. The molecule has 4 N–H and O–H groups in total. The largest absolute Gasteiger partial charge is 0.352 e. The highest BCUT2D eigenvalue weighted by molar-refractivity contribution is 7.99. The van der Waals surface area contributed by atoms with E-state index in [1.54, 1.807) is 0 Å². The predicted molar refractivity (Wildman–Crippen MR) is 113 cm³/mol. The number of carbonyl (C=O) groups excluding carboxylic acids is 1. The summed E-state index contributed by atoms with van der Waals surface area (Å²) < 4.78 is 1.40. The molecule has 0 aliphatic rings. The number of rotatable bonds is 5. The van der Waals surface area contributed by atoms with Gasteiger partial charge in [0.2, 0.25) is 11.1 Å². The molecular weight excluding hydrogens is 372 g/mol. The van der Waals surface area contributed by atoms with Gasteiger partial charge in [-0.1, -0.05) is 42.1 Å². The number of aryl methyl sites for hydroxylation is 1. The molecule has 4 aromatic rings. The molecule has 4 rings (SSSR count). The summed E-state index contributed by atoms with van der Waals surface area (Å²) in [5, 5.41) is 12.8. The number of nitrogens with zero attached hydrogens (tertiary/aromatic N) is 3. The van der Waals surface area contributed by atoms with Gasteiger partial charge in [-0.2, -0.15) is 0 Å². The molecule has 8 heteroatoms. The van der Waals surface area contributed by atoms with Gasteiger partial charge < -0.3 is 16.1 Å². The Hall–Kier alpha value is -3.26. The van der Waals surface area contributed by atoms with Gasteiger partial charge in [0.25, 0.3) is 0 Å². The van der Waals surface area contributed by atoms with Crippen molar-refractivity contribution in [1.29, 1.82) is 0 Å². The summed E-state index contributed by atoms with van der Waals surface area (Å²) in [6.45, 7) is 4.00. The summed E-state index contributed by atoms with van der Waals surface area (Å²) >= 11 is 1.25. The number of H-pyrrole nitrogens is 1. The number of aromatic nitrogens is 4. The van der Waals surface area contributed by atoms with Crippen LogP contribution in [0.3, 0.4) is 0 Å². The highest BCUT2D eigenvalue weighted by Gasteiger charge is 2.16. The molecule has 2 aromatic carbocycles. The van der Waals surface area contributed by atoms with E-state index in [9.17, 15) is 4.79 Å². The number of fused-ring (bicyclic) bond motifs is 1. The monoisotopic (exact) mass is 392 g/mol. The number of hydrogen-bond donors (Lipinski definition) is 3. The lowest BCUT2D eigenvalue weighted by Gasteiger charge is -2.10. The Bertz CT molecular complexity index is 1130. The minimum atomic E-state index is -0.117. The van der Waals surface area contributed by atoms with E-state index in [-0.39, 0.29) is 11.7 Å². The van der Waals surface area contributed by atoms with Crippen molar-refractivity contribution in [2.24, 2.45) is 0 Å². The van der Waals surface area contributed by atoms with E-state index in [1.165, 1.54) is 16.4 Å². The summed E-state index contributed by atoms with van der Waals surface area (Å²) in [4.78, 5) is 15.6. The second-order valence-corrected chi connectivity index (χ2v) is 7.47. The number of nitrogens with one attached hydrogen (secondary N) is 2. The van der Waals surface area contributed by atoms with Crippen LogP contribution in [0.4, 0.5) is 5.69 Å². The molecule has 28 heavy (non-hydrogen) atoms. The van der Waals surface area contributed by atoms with Gasteiger partial charge in [-0.25, -0.2) is 4.68 Å². The number of para-hydroxylation sites is 1. The van der Waals surface area contributed by atoms with Gasteiger partial charge in [-0.3, -0.25) is 4.79 Å². The summed E-state index contributed by atoms with van der Waals surface area (Å²) in [6, 6.07) is 15.8. The standard InChI is InChI=1S/C20H20N6OS/c1-12-6-5-9-15(13(12)2)23-18(27)11-28-20-25-24-19(26(20)21)17-10-14-7-3-4-8-16(14)22-17/h3-10,22H,11,21H2,1-2H3,(H,23,27). The maximum atomic E-state index is 12.3. The van der Waals surface area contributed by atoms with Crippen LogP contribution in [0.25, 0.3) is 22.4 Å². The quantitative estimate of drug-likeness (QED) is 0.356. The molecule has 0 radical (unpaired) electrons. The van der Waals surface area contributed by atoms with Crippen molar-refractivity contribution in [3.8, 4) is 11.5 Å². The Morgan fingerprint density at radius 3 is 2.82 bits per heavy atom. The Morgan fingerprint density at radius 1 is 1.18 bits per heavy atom. The minimum Gasteiger partial charge on any atom is -0.352 e. The zero-order chi connectivity index (χ0) is 19.7. The van der Waals surface area contributed by atoms with Crippen molar-refractivity contribution in [2.45, 2.75) is 19.0 Å². The van der Waals surface area contributed by atoms with E-state index in [0.29, 0.717) is 11.0 Å². The van der Waals surface area contributed by atoms with Gasteiger partial charge in [-0.05, 0) is 43.2 Å². The van der Waals surface area contributed by atoms with Crippen LogP contribution >= 0.6 is 11.8 Å². The van der Waals surface area contributed by atoms with E-state index < -0.39 is 0 Å². The van der Waals surface area contributed by atoms with Gasteiger partial charge in [-0.15, -0.1) is 10.2 Å². The van der Waals surface area contributed by atoms with Gasteiger partial charge >= 0.3 is 0 Å². The molecule has 0 unspecified atom stereocenters. The highest BCUT2D eigenvalue weighted by atomic mass is 32.2. The number of nitrogen functional groups attached to an aromatic ring is 1. The molecule has 142 valence electrons. The number of thioether (sulfide) groups is 1. The Labute approximate surface area is 166 Å². The third-order valence-electron chi connectivity index (χ3n) is 4.65. The summed E-state index contributed by atoms with van der Waals surface area (Å²) in [6.07, 6.45) is 0. The Balaban J connectivity index is 1.46. The summed E-state index contributed by atoms with van der Waals surface area (Å²) in [5.41, 5.74) is 4.79. The van der Waals surface area contributed by atoms with Crippen LogP contribution in [0.15, 0.2) is 53.7 Å². The molecule has 0 bridgehead atoms. The van der Waals surface area contributed by atoms with Crippen LogP contribution in [-0.4, -0.2) is 31.5 Å². The number of anilines is 1. The van der Waals surface area contributed by atoms with Gasteiger partial charge in [0.05, 0.1) is 11.4 Å². The zero-order valence-electron chi connectivity index (χ0n) is 15.6. The third-order valence-corrected chi connectivity index (χ3v) is 5.59. The van der Waals surface area contributed by atoms with Gasteiger partial charge in [0.15, 0.2) is 5.82 Å². The number of carbonyl (C=O) groups is 1. The van der Waals surface area contributed by atoms with E-state index in [2.05, 4.69) is 20.5 Å². The molecule has 2 aromatic heterocycles. The minimum absolute atomic E-state index is 0.117. The van der Waals surface area contributed by atoms with Crippen molar-refractivity contribution >= 4 is 34.3 Å². The van der Waals surface area contributed by atoms with E-state index in [4.69, 9.17) is 5.84 Å². The topological polar surface area (TPSA) is 102 Å². The van der Waals surface area contributed by atoms with Crippen LogP contribution in [0, 0.1) is 13.8 Å². The molecule has 0 spiro atoms. The lowest BCUT2D eigenvalue weighted by Crippen LogP contribution is -2.17.